The molecule has 3 heteroatoms. The van der Waals surface area contributed by atoms with Gasteiger partial charge >= 0.3 is 0 Å². The van der Waals surface area contributed by atoms with Crippen LogP contribution in [0.2, 0.25) is 0 Å². The van der Waals surface area contributed by atoms with Crippen molar-refractivity contribution < 1.29 is 9.90 Å². The van der Waals surface area contributed by atoms with Crippen LogP contribution in [-0.2, 0) is 4.79 Å². The van der Waals surface area contributed by atoms with E-state index in [1.807, 2.05) is 0 Å². The summed E-state index contributed by atoms with van der Waals surface area (Å²) in [5.74, 6) is 0.580. The second kappa shape index (κ2) is 8.72. The van der Waals surface area contributed by atoms with Gasteiger partial charge < -0.3 is 10.4 Å². The Hall–Kier alpha value is -0.570. The molecule has 3 nitrogen and oxygen atoms in total. The predicted molar refractivity (Wildman–Crippen MR) is 62.6 cm³/mol. The molecule has 0 aliphatic rings. The molecule has 0 rings (SSSR count). The molecular formula is C12H25NO2. The highest BCUT2D eigenvalue weighted by Gasteiger charge is 2.12. The van der Waals surface area contributed by atoms with Crippen molar-refractivity contribution in [2.24, 2.45) is 5.92 Å². The van der Waals surface area contributed by atoms with Gasteiger partial charge in [0.2, 0.25) is 5.91 Å². The molecule has 0 heterocycles. The van der Waals surface area contributed by atoms with Crippen molar-refractivity contribution in [1.29, 1.82) is 0 Å². The minimum atomic E-state index is -0.454. The average Bonchev–Trinajstić information content (AvgIpc) is 2.15. The van der Waals surface area contributed by atoms with Gasteiger partial charge in [0.1, 0.15) is 0 Å². The van der Waals surface area contributed by atoms with Crippen LogP contribution in [0.4, 0.5) is 0 Å². The van der Waals surface area contributed by atoms with E-state index >= 15 is 0 Å². The molecule has 0 bridgehead atoms. The van der Waals surface area contributed by atoms with E-state index in [0.717, 1.165) is 25.7 Å². The largest absolute Gasteiger partial charge is 0.392 e. The number of carbonyl (C=O) groups excluding carboxylic acids is 1. The first-order valence-corrected chi connectivity index (χ1v) is 6.04. The van der Waals surface area contributed by atoms with Crippen LogP contribution in [0.1, 0.15) is 52.9 Å². The fourth-order valence-electron chi connectivity index (χ4n) is 1.76. The van der Waals surface area contributed by atoms with Gasteiger partial charge in [0, 0.05) is 13.0 Å². The summed E-state index contributed by atoms with van der Waals surface area (Å²) in [5.41, 5.74) is 0. The standard InChI is InChI=1S/C12H25NO2/c1-4-6-11(7-5-2)8-12(15)13-9-10(3)14/h10-11,14H,4-9H2,1-3H3,(H,13,15). The molecule has 90 valence electrons. The smallest absolute Gasteiger partial charge is 0.220 e. The summed E-state index contributed by atoms with van der Waals surface area (Å²) in [7, 11) is 0. The number of amides is 1. The van der Waals surface area contributed by atoms with Gasteiger partial charge in [-0.05, 0) is 12.8 Å². The number of hydrogen-bond acceptors (Lipinski definition) is 2. The van der Waals surface area contributed by atoms with Crippen LogP contribution in [0.5, 0.6) is 0 Å². The number of hydrogen-bond donors (Lipinski definition) is 2. The summed E-state index contributed by atoms with van der Waals surface area (Å²) in [4.78, 5) is 11.5. The van der Waals surface area contributed by atoms with Crippen LogP contribution < -0.4 is 5.32 Å². The molecule has 0 saturated carbocycles. The van der Waals surface area contributed by atoms with Gasteiger partial charge in [0.05, 0.1) is 6.10 Å². The van der Waals surface area contributed by atoms with Crippen molar-refractivity contribution in [1.82, 2.24) is 5.32 Å². The molecule has 2 N–H and O–H groups in total. The molecule has 1 amide bonds. The molecule has 0 radical (unpaired) electrons. The lowest BCUT2D eigenvalue weighted by atomic mass is 9.94. The minimum absolute atomic E-state index is 0.0720. The van der Waals surface area contributed by atoms with Crippen molar-refractivity contribution in [3.05, 3.63) is 0 Å². The number of aliphatic hydroxyl groups is 1. The van der Waals surface area contributed by atoms with E-state index in [2.05, 4.69) is 19.2 Å². The molecule has 15 heavy (non-hydrogen) atoms. The molecule has 0 aliphatic carbocycles. The van der Waals surface area contributed by atoms with Gasteiger partial charge in [-0.15, -0.1) is 0 Å². The van der Waals surface area contributed by atoms with Crippen LogP contribution in [0.25, 0.3) is 0 Å². The number of nitrogens with one attached hydrogen (secondary N) is 1. The van der Waals surface area contributed by atoms with E-state index in [9.17, 15) is 4.79 Å². The highest BCUT2D eigenvalue weighted by atomic mass is 16.3. The van der Waals surface area contributed by atoms with Crippen molar-refractivity contribution in [3.63, 3.8) is 0 Å². The van der Waals surface area contributed by atoms with E-state index in [0.29, 0.717) is 18.9 Å². The molecule has 1 unspecified atom stereocenters. The molecule has 0 saturated heterocycles. The van der Waals surface area contributed by atoms with Crippen molar-refractivity contribution in [2.75, 3.05) is 6.54 Å². The Balaban J connectivity index is 3.77. The zero-order valence-corrected chi connectivity index (χ0v) is 10.3. The molecule has 0 aliphatic heterocycles. The van der Waals surface area contributed by atoms with E-state index in [1.54, 1.807) is 6.92 Å². The Kier molecular flexibility index (Phi) is 8.38. The van der Waals surface area contributed by atoms with E-state index in [-0.39, 0.29) is 5.91 Å². The van der Waals surface area contributed by atoms with Crippen molar-refractivity contribution >= 4 is 5.91 Å². The monoisotopic (exact) mass is 215 g/mol. The van der Waals surface area contributed by atoms with Gasteiger partial charge in [0.15, 0.2) is 0 Å². The van der Waals surface area contributed by atoms with Crippen molar-refractivity contribution in [3.8, 4) is 0 Å². The third-order valence-corrected chi connectivity index (χ3v) is 2.46. The van der Waals surface area contributed by atoms with Crippen LogP contribution in [0.15, 0.2) is 0 Å². The highest BCUT2D eigenvalue weighted by Crippen LogP contribution is 2.17. The number of rotatable bonds is 8. The van der Waals surface area contributed by atoms with Gasteiger partial charge in [-0.2, -0.15) is 0 Å². The third kappa shape index (κ3) is 8.43. The number of carbonyl (C=O) groups is 1. The van der Waals surface area contributed by atoms with Crippen LogP contribution in [-0.4, -0.2) is 23.7 Å². The Morgan fingerprint density at radius 3 is 2.20 bits per heavy atom. The van der Waals surface area contributed by atoms with Crippen LogP contribution in [0, 0.1) is 5.92 Å². The molecule has 0 fully saturated rings. The Labute approximate surface area is 93.3 Å². The first kappa shape index (κ1) is 14.4. The molecular weight excluding hydrogens is 190 g/mol. The minimum Gasteiger partial charge on any atom is -0.392 e. The van der Waals surface area contributed by atoms with Crippen LogP contribution >= 0.6 is 0 Å². The SMILES string of the molecule is CCCC(CCC)CC(=O)NCC(C)O. The van der Waals surface area contributed by atoms with Gasteiger partial charge in [0.25, 0.3) is 0 Å². The van der Waals surface area contributed by atoms with Gasteiger partial charge in [-0.25, -0.2) is 0 Å². The fourth-order valence-corrected chi connectivity index (χ4v) is 1.76. The summed E-state index contributed by atoms with van der Waals surface area (Å²) >= 11 is 0. The zero-order chi connectivity index (χ0) is 11.7. The lowest BCUT2D eigenvalue weighted by Crippen LogP contribution is -2.31. The second-order valence-electron chi connectivity index (χ2n) is 4.30. The van der Waals surface area contributed by atoms with Gasteiger partial charge in [-0.3, -0.25) is 4.79 Å². The summed E-state index contributed by atoms with van der Waals surface area (Å²) in [6.07, 6.45) is 4.66. The Morgan fingerprint density at radius 1 is 1.27 bits per heavy atom. The highest BCUT2D eigenvalue weighted by molar-refractivity contribution is 5.76. The quantitative estimate of drug-likeness (QED) is 0.651. The van der Waals surface area contributed by atoms with E-state index in [1.165, 1.54) is 0 Å². The molecule has 0 spiro atoms. The average molecular weight is 215 g/mol. The molecule has 0 aromatic heterocycles. The molecule has 0 aromatic rings. The summed E-state index contributed by atoms with van der Waals surface area (Å²) < 4.78 is 0. The first-order chi connectivity index (χ1) is 7.10. The van der Waals surface area contributed by atoms with E-state index in [4.69, 9.17) is 5.11 Å². The fraction of sp³-hybridized carbons (Fsp3) is 0.917. The zero-order valence-electron chi connectivity index (χ0n) is 10.3. The summed E-state index contributed by atoms with van der Waals surface area (Å²) in [6.45, 7) is 6.34. The maximum Gasteiger partial charge on any atom is 0.220 e. The topological polar surface area (TPSA) is 49.3 Å². The molecule has 0 aromatic carbocycles. The van der Waals surface area contributed by atoms with Crippen molar-refractivity contribution in [2.45, 2.75) is 59.0 Å². The second-order valence-corrected chi connectivity index (χ2v) is 4.30. The summed E-state index contributed by atoms with van der Waals surface area (Å²) in [5, 5.41) is 11.8. The van der Waals surface area contributed by atoms with E-state index < -0.39 is 6.10 Å². The normalized spacial score (nSPS) is 12.9. The number of aliphatic hydroxyl groups excluding tert-OH is 1. The lowest BCUT2D eigenvalue weighted by Gasteiger charge is -2.15. The van der Waals surface area contributed by atoms with Crippen LogP contribution in [0.3, 0.4) is 0 Å². The Morgan fingerprint density at radius 2 is 1.80 bits per heavy atom. The maximum atomic E-state index is 11.5. The third-order valence-electron chi connectivity index (χ3n) is 2.46. The first-order valence-electron chi connectivity index (χ1n) is 6.04. The Bertz CT molecular complexity index is 163. The summed E-state index contributed by atoms with van der Waals surface area (Å²) in [6, 6.07) is 0. The predicted octanol–water partition coefficient (Wildman–Crippen LogP) is 2.09. The lowest BCUT2D eigenvalue weighted by molar-refractivity contribution is -0.122. The van der Waals surface area contributed by atoms with Gasteiger partial charge in [-0.1, -0.05) is 39.5 Å². The molecule has 1 atom stereocenters. The maximum absolute atomic E-state index is 11.5.